The van der Waals surface area contributed by atoms with E-state index in [2.05, 4.69) is 25.6 Å². The lowest BCUT2D eigenvalue weighted by Gasteiger charge is -2.07. The number of carbonyl (C=O) groups is 1. The summed E-state index contributed by atoms with van der Waals surface area (Å²) < 4.78 is 36.0. The van der Waals surface area contributed by atoms with Gasteiger partial charge in [0.1, 0.15) is 12.4 Å². The first kappa shape index (κ1) is 18.0. The van der Waals surface area contributed by atoms with Crippen molar-refractivity contribution >= 4 is 29.9 Å². The van der Waals surface area contributed by atoms with Gasteiger partial charge in [0, 0.05) is 18.5 Å². The number of alkyl halides is 3. The van der Waals surface area contributed by atoms with Gasteiger partial charge in [-0.15, -0.1) is 0 Å². The summed E-state index contributed by atoms with van der Waals surface area (Å²) in [5.74, 6) is 0.566. The van der Waals surface area contributed by atoms with Gasteiger partial charge in [0.25, 0.3) is 0 Å². The Morgan fingerprint density at radius 3 is 2.95 bits per heavy atom. The first-order valence-electron chi connectivity index (χ1n) is 6.17. The fourth-order valence-electron chi connectivity index (χ4n) is 1.22. The molecular weight excluding hydrogens is 321 g/mol. The molecule has 4 N–H and O–H groups in total. The van der Waals surface area contributed by atoms with Crippen LogP contribution < -0.4 is 16.4 Å². The summed E-state index contributed by atoms with van der Waals surface area (Å²) in [5, 5.41) is 5.44. The Morgan fingerprint density at radius 1 is 1.50 bits per heavy atom. The minimum Gasteiger partial charge on any atom is -0.370 e. The number of rotatable bonds is 8. The van der Waals surface area contributed by atoms with Crippen molar-refractivity contribution in [1.82, 2.24) is 15.3 Å². The lowest BCUT2D eigenvalue weighted by Crippen LogP contribution is -2.26. The van der Waals surface area contributed by atoms with E-state index in [1.54, 1.807) is 0 Å². The molecule has 0 aliphatic rings. The number of nitrogens with two attached hydrogens (primary N) is 1. The number of aromatic nitrogens is 2. The average molecular weight is 336 g/mol. The Balaban J connectivity index is 2.48. The van der Waals surface area contributed by atoms with Gasteiger partial charge in [-0.2, -0.15) is 13.2 Å². The van der Waals surface area contributed by atoms with Gasteiger partial charge in [0.05, 0.1) is 0 Å². The summed E-state index contributed by atoms with van der Waals surface area (Å²) in [4.78, 5) is 21.3. The molecule has 0 saturated heterocycles. The molecule has 1 heterocycles. The van der Waals surface area contributed by atoms with Crippen LogP contribution in [0.1, 0.15) is 6.42 Å². The number of guanidine groups is 1. The van der Waals surface area contributed by atoms with Gasteiger partial charge >= 0.3 is 6.18 Å². The van der Waals surface area contributed by atoms with E-state index < -0.39 is 12.7 Å². The molecule has 0 bridgehead atoms. The van der Waals surface area contributed by atoms with Crippen molar-refractivity contribution in [3.63, 3.8) is 0 Å². The van der Waals surface area contributed by atoms with Gasteiger partial charge in [-0.1, -0.05) is 11.8 Å². The smallest absolute Gasteiger partial charge is 0.370 e. The van der Waals surface area contributed by atoms with Crippen LogP contribution >= 0.6 is 11.8 Å². The molecule has 7 nitrogen and oxygen atoms in total. The molecule has 0 radical (unpaired) electrons. The lowest BCUT2D eigenvalue weighted by atomic mass is 10.5. The largest absolute Gasteiger partial charge is 0.408 e. The molecule has 0 aromatic carbocycles. The molecule has 1 amide bonds. The first-order valence-corrected chi connectivity index (χ1v) is 7.16. The summed E-state index contributed by atoms with van der Waals surface area (Å²) in [6.45, 7) is -0.812. The maximum atomic E-state index is 12.0. The SMILES string of the molecule is NC(=NCC(F)(F)F)Nc1ccnc(SCCCNC=O)n1. The van der Waals surface area contributed by atoms with Crippen LogP contribution in [-0.4, -0.2) is 47.4 Å². The average Bonchev–Trinajstić information content (AvgIpc) is 2.45. The van der Waals surface area contributed by atoms with Crippen LogP contribution in [0.5, 0.6) is 0 Å². The van der Waals surface area contributed by atoms with Gasteiger partial charge in [0.2, 0.25) is 6.41 Å². The van der Waals surface area contributed by atoms with Gasteiger partial charge in [-0.05, 0) is 12.5 Å². The summed E-state index contributed by atoms with van der Waals surface area (Å²) in [6.07, 6.45) is -1.60. The lowest BCUT2D eigenvalue weighted by molar-refractivity contribution is -0.118. The highest BCUT2D eigenvalue weighted by Gasteiger charge is 2.26. The zero-order valence-electron chi connectivity index (χ0n) is 11.4. The van der Waals surface area contributed by atoms with Crippen molar-refractivity contribution in [3.8, 4) is 0 Å². The fraction of sp³-hybridized carbons (Fsp3) is 0.455. The van der Waals surface area contributed by atoms with Crippen LogP contribution in [0.4, 0.5) is 19.0 Å². The second-order valence-corrected chi connectivity index (χ2v) is 5.00. The molecule has 22 heavy (non-hydrogen) atoms. The van der Waals surface area contributed by atoms with Crippen molar-refractivity contribution in [2.75, 3.05) is 24.2 Å². The van der Waals surface area contributed by atoms with Crippen LogP contribution in [0, 0.1) is 0 Å². The summed E-state index contributed by atoms with van der Waals surface area (Å²) in [6, 6.07) is 1.47. The predicted molar refractivity (Wildman–Crippen MR) is 77.6 cm³/mol. The number of hydrogen-bond acceptors (Lipinski definition) is 5. The molecule has 0 aliphatic heterocycles. The number of nitrogens with one attached hydrogen (secondary N) is 2. The quantitative estimate of drug-likeness (QED) is 0.163. The fourth-order valence-corrected chi connectivity index (χ4v) is 1.99. The van der Waals surface area contributed by atoms with Gasteiger partial charge in [-0.25, -0.2) is 15.0 Å². The van der Waals surface area contributed by atoms with E-state index in [1.807, 2.05) is 0 Å². The Bertz CT molecular complexity index is 511. The maximum absolute atomic E-state index is 12.0. The molecule has 0 fully saturated rings. The Labute approximate surface area is 129 Å². The third-order valence-electron chi connectivity index (χ3n) is 2.10. The molecule has 1 aromatic heterocycles. The molecule has 0 spiro atoms. The monoisotopic (exact) mass is 336 g/mol. The number of nitrogens with zero attached hydrogens (tertiary/aromatic N) is 3. The van der Waals surface area contributed by atoms with Crippen molar-refractivity contribution in [2.24, 2.45) is 10.7 Å². The van der Waals surface area contributed by atoms with E-state index in [1.165, 1.54) is 24.0 Å². The van der Waals surface area contributed by atoms with Crippen LogP contribution in [0.25, 0.3) is 0 Å². The molecule has 0 atom stereocenters. The maximum Gasteiger partial charge on any atom is 0.408 e. The molecule has 0 aliphatic carbocycles. The van der Waals surface area contributed by atoms with Crippen molar-refractivity contribution in [2.45, 2.75) is 17.8 Å². The number of thioether (sulfide) groups is 1. The van der Waals surface area contributed by atoms with E-state index >= 15 is 0 Å². The summed E-state index contributed by atoms with van der Waals surface area (Å²) >= 11 is 1.35. The Morgan fingerprint density at radius 2 is 2.27 bits per heavy atom. The van der Waals surface area contributed by atoms with Gasteiger partial charge < -0.3 is 16.4 Å². The molecular formula is C11H15F3N6OS. The predicted octanol–water partition coefficient (Wildman–Crippen LogP) is 0.994. The molecule has 1 aromatic rings. The van der Waals surface area contributed by atoms with Crippen molar-refractivity contribution in [1.29, 1.82) is 0 Å². The number of halogens is 3. The highest BCUT2D eigenvalue weighted by molar-refractivity contribution is 7.99. The van der Waals surface area contributed by atoms with Gasteiger partial charge in [0.15, 0.2) is 11.1 Å². The zero-order valence-corrected chi connectivity index (χ0v) is 12.2. The highest BCUT2D eigenvalue weighted by Crippen LogP contribution is 2.16. The van der Waals surface area contributed by atoms with E-state index in [-0.39, 0.29) is 11.8 Å². The van der Waals surface area contributed by atoms with E-state index in [9.17, 15) is 18.0 Å². The number of aliphatic imine (C=N–C) groups is 1. The second kappa shape index (κ2) is 9.07. The Hall–Kier alpha value is -2.04. The minimum atomic E-state index is -4.41. The Kier molecular flexibility index (Phi) is 7.43. The number of anilines is 1. The molecule has 0 unspecified atom stereocenters. The van der Waals surface area contributed by atoms with E-state index in [0.29, 0.717) is 23.9 Å². The normalized spacial score (nSPS) is 12.0. The number of hydrogen-bond donors (Lipinski definition) is 3. The highest BCUT2D eigenvalue weighted by atomic mass is 32.2. The van der Waals surface area contributed by atoms with Crippen LogP contribution in [-0.2, 0) is 4.79 Å². The number of amides is 1. The third kappa shape index (κ3) is 8.29. The minimum absolute atomic E-state index is 0.256. The van der Waals surface area contributed by atoms with E-state index in [4.69, 9.17) is 5.73 Å². The third-order valence-corrected chi connectivity index (χ3v) is 3.05. The zero-order chi connectivity index (χ0) is 16.4. The van der Waals surface area contributed by atoms with Gasteiger partial charge in [-0.3, -0.25) is 4.79 Å². The number of carbonyl (C=O) groups excluding carboxylic acids is 1. The molecule has 1 rings (SSSR count). The summed E-state index contributed by atoms with van der Waals surface area (Å²) in [5.41, 5.74) is 5.35. The van der Waals surface area contributed by atoms with E-state index in [0.717, 1.165) is 6.42 Å². The topological polar surface area (TPSA) is 105 Å². The molecule has 11 heteroatoms. The first-order chi connectivity index (χ1) is 10.4. The van der Waals surface area contributed by atoms with Crippen LogP contribution in [0.3, 0.4) is 0 Å². The molecule has 122 valence electrons. The van der Waals surface area contributed by atoms with Crippen LogP contribution in [0.2, 0.25) is 0 Å². The summed E-state index contributed by atoms with van der Waals surface area (Å²) in [7, 11) is 0. The van der Waals surface area contributed by atoms with Crippen molar-refractivity contribution in [3.05, 3.63) is 12.3 Å². The molecule has 0 saturated carbocycles. The second-order valence-electron chi connectivity index (χ2n) is 3.94. The standard InChI is InChI=1S/C11H15F3N6OS/c12-11(13,14)6-18-9(15)19-8-2-4-17-10(20-8)22-5-1-3-16-7-21/h2,4,7H,1,3,5-6H2,(H,16,21)(H3,15,17,18,19,20). The van der Waals surface area contributed by atoms with Crippen LogP contribution in [0.15, 0.2) is 22.4 Å². The van der Waals surface area contributed by atoms with Crippen molar-refractivity contribution < 1.29 is 18.0 Å².